The van der Waals surface area contributed by atoms with Crippen LogP contribution in [0, 0.1) is 12.7 Å². The molecule has 4 aromatic rings. The van der Waals surface area contributed by atoms with E-state index in [1.54, 1.807) is 37.3 Å². The number of carboxylic acids is 1. The van der Waals surface area contributed by atoms with Crippen LogP contribution in [0.4, 0.5) is 26.4 Å². The van der Waals surface area contributed by atoms with Gasteiger partial charge in [0.2, 0.25) is 0 Å². The molecule has 0 fully saturated rings. The number of aromatic nitrogens is 3. The largest absolute Gasteiger partial charge is 0.478 e. The number of urea groups is 1. The number of nitrogens with zero attached hydrogens (tertiary/aromatic N) is 3. The van der Waals surface area contributed by atoms with Crippen LogP contribution in [0.1, 0.15) is 15.9 Å². The molecular formula is C21H17FN6O3. The maximum atomic E-state index is 13.8. The number of carbonyl (C=O) groups excluding carboxylic acids is 1. The number of rotatable bonds is 4. The van der Waals surface area contributed by atoms with Crippen molar-refractivity contribution in [2.45, 2.75) is 6.92 Å². The molecule has 2 heterocycles. The van der Waals surface area contributed by atoms with Crippen molar-refractivity contribution in [1.82, 2.24) is 14.6 Å². The number of hydrogen-bond acceptors (Lipinski definition) is 5. The number of aryl methyl sites for hydroxylation is 1. The number of aromatic carboxylic acids is 1. The zero-order chi connectivity index (χ0) is 22.1. The van der Waals surface area contributed by atoms with Gasteiger partial charge in [0.25, 0.3) is 0 Å². The molecule has 10 heteroatoms. The third kappa shape index (κ3) is 3.86. The van der Waals surface area contributed by atoms with Crippen LogP contribution in [-0.4, -0.2) is 31.7 Å². The van der Waals surface area contributed by atoms with E-state index in [0.29, 0.717) is 22.3 Å². The summed E-state index contributed by atoms with van der Waals surface area (Å²) in [5, 5.41) is 18.6. The minimum Gasteiger partial charge on any atom is -0.478 e. The molecule has 0 atom stereocenters. The summed E-state index contributed by atoms with van der Waals surface area (Å²) in [4.78, 5) is 27.9. The maximum Gasteiger partial charge on any atom is 0.337 e. The number of benzene rings is 2. The Morgan fingerprint density at radius 2 is 1.87 bits per heavy atom. The van der Waals surface area contributed by atoms with Crippen LogP contribution in [0.3, 0.4) is 0 Å². The quantitative estimate of drug-likeness (QED) is 0.397. The van der Waals surface area contributed by atoms with Gasteiger partial charge in [-0.15, -0.1) is 0 Å². The van der Waals surface area contributed by atoms with E-state index in [4.69, 9.17) is 5.73 Å². The molecule has 0 aliphatic heterocycles. The Morgan fingerprint density at radius 3 is 2.58 bits per heavy atom. The number of anilines is 3. The highest BCUT2D eigenvalue weighted by Crippen LogP contribution is 2.33. The first-order valence-electron chi connectivity index (χ1n) is 9.13. The summed E-state index contributed by atoms with van der Waals surface area (Å²) in [5.41, 5.74) is 8.54. The fourth-order valence-electron chi connectivity index (χ4n) is 3.23. The third-order valence-electron chi connectivity index (χ3n) is 4.63. The molecule has 0 spiro atoms. The summed E-state index contributed by atoms with van der Waals surface area (Å²) in [5.74, 6) is -1.54. The molecule has 4 rings (SSSR count). The van der Waals surface area contributed by atoms with Crippen LogP contribution >= 0.6 is 0 Å². The average molecular weight is 420 g/mol. The second kappa shape index (κ2) is 7.75. The number of halogens is 1. The Balaban J connectivity index is 1.60. The van der Waals surface area contributed by atoms with Crippen molar-refractivity contribution in [2.75, 3.05) is 16.4 Å². The molecule has 156 valence electrons. The van der Waals surface area contributed by atoms with Gasteiger partial charge in [-0.3, -0.25) is 0 Å². The predicted molar refractivity (Wildman–Crippen MR) is 114 cm³/mol. The predicted octanol–water partition coefficient (Wildman–Crippen LogP) is 3.77. The number of carbonyl (C=O) groups is 2. The van der Waals surface area contributed by atoms with Crippen LogP contribution in [0.5, 0.6) is 0 Å². The smallest absolute Gasteiger partial charge is 0.337 e. The summed E-state index contributed by atoms with van der Waals surface area (Å²) >= 11 is 0. The first-order valence-corrected chi connectivity index (χ1v) is 9.13. The summed E-state index contributed by atoms with van der Waals surface area (Å²) in [6.07, 6.45) is 2.60. The zero-order valence-corrected chi connectivity index (χ0v) is 16.3. The fourth-order valence-corrected chi connectivity index (χ4v) is 3.23. The lowest BCUT2D eigenvalue weighted by Crippen LogP contribution is -2.20. The zero-order valence-electron chi connectivity index (χ0n) is 16.3. The molecule has 0 unspecified atom stereocenters. The van der Waals surface area contributed by atoms with Crippen molar-refractivity contribution >= 4 is 34.7 Å². The topological polar surface area (TPSA) is 135 Å². The molecule has 0 radical (unpaired) electrons. The Bertz CT molecular complexity index is 1320. The summed E-state index contributed by atoms with van der Waals surface area (Å²) in [7, 11) is 0. The minimum atomic E-state index is -1.14. The van der Waals surface area contributed by atoms with Crippen LogP contribution in [-0.2, 0) is 0 Å². The van der Waals surface area contributed by atoms with Crippen molar-refractivity contribution in [2.24, 2.45) is 0 Å². The Labute approximate surface area is 175 Å². The number of carboxylic acid groups (broad SMARTS) is 1. The van der Waals surface area contributed by atoms with Gasteiger partial charge in [-0.1, -0.05) is 18.2 Å². The fraction of sp³-hybridized carbons (Fsp3) is 0.0476. The van der Waals surface area contributed by atoms with E-state index >= 15 is 0 Å². The molecule has 2 aromatic carbocycles. The highest BCUT2D eigenvalue weighted by Gasteiger charge is 2.21. The molecule has 2 amide bonds. The van der Waals surface area contributed by atoms with E-state index in [9.17, 15) is 19.1 Å². The van der Waals surface area contributed by atoms with Crippen molar-refractivity contribution in [3.8, 4) is 11.1 Å². The van der Waals surface area contributed by atoms with Gasteiger partial charge in [0, 0.05) is 17.4 Å². The third-order valence-corrected chi connectivity index (χ3v) is 4.63. The van der Waals surface area contributed by atoms with E-state index in [1.807, 2.05) is 0 Å². The molecule has 0 aliphatic rings. The Hall–Kier alpha value is -4.47. The van der Waals surface area contributed by atoms with Gasteiger partial charge < -0.3 is 21.5 Å². The van der Waals surface area contributed by atoms with Crippen molar-refractivity contribution in [3.05, 3.63) is 71.9 Å². The lowest BCUT2D eigenvalue weighted by Gasteiger charge is -2.10. The van der Waals surface area contributed by atoms with Crippen LogP contribution in [0.15, 0.2) is 55.0 Å². The van der Waals surface area contributed by atoms with Gasteiger partial charge in [-0.25, -0.2) is 23.5 Å². The van der Waals surface area contributed by atoms with E-state index in [0.717, 1.165) is 5.56 Å². The van der Waals surface area contributed by atoms with Gasteiger partial charge >= 0.3 is 12.0 Å². The van der Waals surface area contributed by atoms with Crippen molar-refractivity contribution < 1.29 is 19.1 Å². The van der Waals surface area contributed by atoms with Crippen LogP contribution in [0.2, 0.25) is 0 Å². The highest BCUT2D eigenvalue weighted by molar-refractivity contribution is 6.04. The molecule has 9 nitrogen and oxygen atoms in total. The number of amides is 2. The summed E-state index contributed by atoms with van der Waals surface area (Å²) in [6.45, 7) is 1.79. The summed E-state index contributed by atoms with van der Waals surface area (Å²) < 4.78 is 15.2. The molecule has 0 bridgehead atoms. The Kier molecular flexibility index (Phi) is 4.96. The molecule has 0 saturated carbocycles. The number of hydrogen-bond donors (Lipinski definition) is 4. The highest BCUT2D eigenvalue weighted by atomic mass is 19.1. The van der Waals surface area contributed by atoms with Gasteiger partial charge in [-0.2, -0.15) is 5.10 Å². The second-order valence-corrected chi connectivity index (χ2v) is 6.80. The average Bonchev–Trinajstić information content (AvgIpc) is 3.13. The molecular weight excluding hydrogens is 403 g/mol. The number of fused-ring (bicyclic) bond motifs is 1. The van der Waals surface area contributed by atoms with Crippen molar-refractivity contribution in [1.29, 1.82) is 0 Å². The van der Waals surface area contributed by atoms with Crippen LogP contribution in [0.25, 0.3) is 16.6 Å². The lowest BCUT2D eigenvalue weighted by molar-refractivity contribution is 0.0697. The van der Waals surface area contributed by atoms with Gasteiger partial charge in [0.05, 0.1) is 11.3 Å². The first-order chi connectivity index (χ1) is 14.8. The molecule has 2 aromatic heterocycles. The molecule has 0 saturated heterocycles. The lowest BCUT2D eigenvalue weighted by atomic mass is 10.0. The SMILES string of the molecule is Cc1ccc(F)c(NC(=O)Nc2ccc(-c3c(C(=O)O)cn4ncnc(N)c34)cc2)c1. The number of nitrogens with one attached hydrogen (secondary N) is 2. The Morgan fingerprint density at radius 1 is 1.13 bits per heavy atom. The molecule has 31 heavy (non-hydrogen) atoms. The minimum absolute atomic E-state index is 0.0144. The number of nitrogen functional groups attached to an aromatic ring is 1. The van der Waals surface area contributed by atoms with Gasteiger partial charge in [-0.05, 0) is 42.3 Å². The maximum absolute atomic E-state index is 13.8. The molecule has 5 N–H and O–H groups in total. The second-order valence-electron chi connectivity index (χ2n) is 6.80. The van der Waals surface area contributed by atoms with E-state index in [-0.39, 0.29) is 17.1 Å². The van der Waals surface area contributed by atoms with Crippen LogP contribution < -0.4 is 16.4 Å². The number of nitrogens with two attached hydrogens (primary N) is 1. The summed E-state index contributed by atoms with van der Waals surface area (Å²) in [6, 6.07) is 10.2. The monoisotopic (exact) mass is 420 g/mol. The van der Waals surface area contributed by atoms with Crippen molar-refractivity contribution in [3.63, 3.8) is 0 Å². The van der Waals surface area contributed by atoms with Gasteiger partial charge in [0.1, 0.15) is 17.7 Å². The normalized spacial score (nSPS) is 10.8. The van der Waals surface area contributed by atoms with E-state index in [1.165, 1.54) is 29.2 Å². The van der Waals surface area contributed by atoms with E-state index in [2.05, 4.69) is 20.7 Å². The standard InChI is InChI=1S/C21H17FN6O3/c1-11-2-7-15(22)16(8-11)27-21(31)26-13-5-3-12(4-6-13)17-14(20(29)30)9-28-18(17)19(23)24-10-25-28/h2-10H,1H3,(H,29,30)(H2,23,24,25)(H2,26,27,31). The first kappa shape index (κ1) is 19.8. The molecule has 0 aliphatic carbocycles. The van der Waals surface area contributed by atoms with Gasteiger partial charge in [0.15, 0.2) is 5.82 Å². The van der Waals surface area contributed by atoms with E-state index < -0.39 is 17.8 Å².